The van der Waals surface area contributed by atoms with Crippen molar-refractivity contribution >= 4 is 11.8 Å². The number of nitrogens with one attached hydrogen (secondary N) is 1. The van der Waals surface area contributed by atoms with Crippen molar-refractivity contribution < 1.29 is 9.59 Å². The Hall–Kier alpha value is -1.88. The fourth-order valence-electron chi connectivity index (χ4n) is 5.23. The van der Waals surface area contributed by atoms with Crippen LogP contribution in [0.15, 0.2) is 30.3 Å². The standard InChI is InChI=1S/C22H31N3O2/c1-3-16(2)13-24-14-18-19(15-24)22(23-20(18)26)9-11-25(12-10-22)21(27)17-7-5-4-6-8-17/h4-8,16,18-19H,3,9-15H2,1-2H3,(H,23,26)/t16-,18-,19+/m1/s1. The number of likely N-dealkylation sites (tertiary alicyclic amines) is 2. The Morgan fingerprint density at radius 1 is 1.22 bits per heavy atom. The summed E-state index contributed by atoms with van der Waals surface area (Å²) in [7, 11) is 0. The van der Waals surface area contributed by atoms with Gasteiger partial charge in [-0.25, -0.2) is 0 Å². The normalized spacial score (nSPS) is 28.2. The van der Waals surface area contributed by atoms with Gasteiger partial charge in [0, 0.05) is 49.7 Å². The Morgan fingerprint density at radius 3 is 2.59 bits per heavy atom. The quantitative estimate of drug-likeness (QED) is 0.887. The number of carbonyl (C=O) groups is 2. The third kappa shape index (κ3) is 3.38. The summed E-state index contributed by atoms with van der Waals surface area (Å²) in [6.07, 6.45) is 2.92. The smallest absolute Gasteiger partial charge is 0.253 e. The predicted molar refractivity (Wildman–Crippen MR) is 105 cm³/mol. The molecule has 1 spiro atoms. The van der Waals surface area contributed by atoms with E-state index in [0.29, 0.717) is 11.8 Å². The van der Waals surface area contributed by atoms with E-state index in [1.807, 2.05) is 35.2 Å². The van der Waals surface area contributed by atoms with E-state index in [0.717, 1.165) is 51.1 Å². The lowest BCUT2D eigenvalue weighted by molar-refractivity contribution is -0.123. The van der Waals surface area contributed by atoms with Gasteiger partial charge in [0.05, 0.1) is 5.92 Å². The number of hydrogen-bond acceptors (Lipinski definition) is 3. The zero-order valence-electron chi connectivity index (χ0n) is 16.5. The van der Waals surface area contributed by atoms with Gasteiger partial charge < -0.3 is 15.1 Å². The summed E-state index contributed by atoms with van der Waals surface area (Å²) < 4.78 is 0. The summed E-state index contributed by atoms with van der Waals surface area (Å²) in [4.78, 5) is 29.8. The van der Waals surface area contributed by atoms with Gasteiger partial charge >= 0.3 is 0 Å². The molecule has 4 rings (SSSR count). The average molecular weight is 370 g/mol. The van der Waals surface area contributed by atoms with Crippen LogP contribution in [-0.4, -0.2) is 59.9 Å². The van der Waals surface area contributed by atoms with Crippen LogP contribution in [0.3, 0.4) is 0 Å². The van der Waals surface area contributed by atoms with E-state index in [1.54, 1.807) is 0 Å². The van der Waals surface area contributed by atoms with Crippen LogP contribution in [0.4, 0.5) is 0 Å². The number of benzene rings is 1. The summed E-state index contributed by atoms with van der Waals surface area (Å²) in [5.41, 5.74) is 0.641. The summed E-state index contributed by atoms with van der Waals surface area (Å²) in [6, 6.07) is 9.50. The van der Waals surface area contributed by atoms with Crippen molar-refractivity contribution in [2.45, 2.75) is 38.6 Å². The molecule has 0 bridgehead atoms. The number of carbonyl (C=O) groups excluding carboxylic acids is 2. The zero-order chi connectivity index (χ0) is 19.0. The highest BCUT2D eigenvalue weighted by atomic mass is 16.2. The topological polar surface area (TPSA) is 52.7 Å². The zero-order valence-corrected chi connectivity index (χ0v) is 16.5. The molecule has 0 radical (unpaired) electrons. The van der Waals surface area contributed by atoms with E-state index in [9.17, 15) is 9.59 Å². The van der Waals surface area contributed by atoms with Crippen LogP contribution < -0.4 is 5.32 Å². The third-order valence-electron chi connectivity index (χ3n) is 7.04. The highest BCUT2D eigenvalue weighted by molar-refractivity contribution is 5.94. The third-order valence-corrected chi connectivity index (χ3v) is 7.04. The summed E-state index contributed by atoms with van der Waals surface area (Å²) >= 11 is 0. The lowest BCUT2D eigenvalue weighted by atomic mass is 9.75. The molecule has 1 aromatic carbocycles. The van der Waals surface area contributed by atoms with Gasteiger partial charge in [0.1, 0.15) is 0 Å². The molecule has 1 aromatic rings. The van der Waals surface area contributed by atoms with Gasteiger partial charge in [-0.2, -0.15) is 0 Å². The first-order valence-electron chi connectivity index (χ1n) is 10.4. The molecule has 5 nitrogen and oxygen atoms in total. The average Bonchev–Trinajstić information content (AvgIpc) is 3.22. The molecule has 146 valence electrons. The monoisotopic (exact) mass is 369 g/mol. The van der Waals surface area contributed by atoms with Crippen molar-refractivity contribution in [3.05, 3.63) is 35.9 Å². The van der Waals surface area contributed by atoms with Crippen LogP contribution in [0.5, 0.6) is 0 Å². The van der Waals surface area contributed by atoms with Crippen LogP contribution in [0.2, 0.25) is 0 Å². The van der Waals surface area contributed by atoms with Gasteiger partial charge in [0.25, 0.3) is 5.91 Å². The van der Waals surface area contributed by atoms with Crippen molar-refractivity contribution in [3.63, 3.8) is 0 Å². The van der Waals surface area contributed by atoms with Gasteiger partial charge in [0.15, 0.2) is 0 Å². The molecule has 27 heavy (non-hydrogen) atoms. The molecule has 3 aliphatic heterocycles. The number of amides is 2. The van der Waals surface area contributed by atoms with Gasteiger partial charge in [-0.1, -0.05) is 38.5 Å². The highest BCUT2D eigenvalue weighted by Gasteiger charge is 2.57. The van der Waals surface area contributed by atoms with Crippen LogP contribution in [-0.2, 0) is 4.79 Å². The molecule has 3 heterocycles. The molecule has 0 unspecified atom stereocenters. The minimum atomic E-state index is -0.112. The molecule has 0 aliphatic carbocycles. The van der Waals surface area contributed by atoms with Crippen molar-refractivity contribution in [1.29, 1.82) is 0 Å². The van der Waals surface area contributed by atoms with Crippen molar-refractivity contribution in [2.75, 3.05) is 32.7 Å². The fraction of sp³-hybridized carbons (Fsp3) is 0.636. The molecule has 0 saturated carbocycles. The van der Waals surface area contributed by atoms with Gasteiger partial charge in [-0.15, -0.1) is 0 Å². The van der Waals surface area contributed by atoms with Crippen LogP contribution >= 0.6 is 0 Å². The summed E-state index contributed by atoms with van der Waals surface area (Å²) in [5.74, 6) is 1.53. The second-order valence-electron chi connectivity index (χ2n) is 8.75. The van der Waals surface area contributed by atoms with E-state index < -0.39 is 0 Å². The first-order valence-corrected chi connectivity index (χ1v) is 10.4. The van der Waals surface area contributed by atoms with E-state index in [2.05, 4.69) is 24.1 Å². The number of rotatable bonds is 4. The van der Waals surface area contributed by atoms with Crippen molar-refractivity contribution in [2.24, 2.45) is 17.8 Å². The number of fused-ring (bicyclic) bond motifs is 2. The number of piperidine rings is 1. The molecule has 3 fully saturated rings. The Kier molecular flexibility index (Phi) is 4.97. The van der Waals surface area contributed by atoms with Crippen molar-refractivity contribution in [1.82, 2.24) is 15.1 Å². The molecular weight excluding hydrogens is 338 g/mol. The fourth-order valence-corrected chi connectivity index (χ4v) is 5.23. The molecule has 2 amide bonds. The first kappa shape index (κ1) is 18.5. The van der Waals surface area contributed by atoms with Gasteiger partial charge in [0.2, 0.25) is 5.91 Å². The lowest BCUT2D eigenvalue weighted by Crippen LogP contribution is -2.56. The van der Waals surface area contributed by atoms with Crippen molar-refractivity contribution in [3.8, 4) is 0 Å². The minimum Gasteiger partial charge on any atom is -0.350 e. The Bertz CT molecular complexity index is 697. The largest absolute Gasteiger partial charge is 0.350 e. The number of hydrogen-bond donors (Lipinski definition) is 1. The molecule has 3 atom stereocenters. The highest BCUT2D eigenvalue weighted by Crippen LogP contribution is 2.44. The predicted octanol–water partition coefficient (Wildman–Crippen LogP) is 2.39. The van der Waals surface area contributed by atoms with Gasteiger partial charge in [-0.3, -0.25) is 9.59 Å². The van der Waals surface area contributed by atoms with E-state index in [1.165, 1.54) is 6.42 Å². The van der Waals surface area contributed by atoms with Crippen LogP contribution in [0.1, 0.15) is 43.5 Å². The maximum atomic E-state index is 12.7. The maximum absolute atomic E-state index is 12.7. The lowest BCUT2D eigenvalue weighted by Gasteiger charge is -2.43. The van der Waals surface area contributed by atoms with E-state index in [-0.39, 0.29) is 23.3 Å². The molecule has 5 heteroatoms. The SMILES string of the molecule is CC[C@@H](C)CN1C[C@H]2C(=O)NC3(CCN(C(=O)c4ccccc4)CC3)[C@H]2C1. The molecule has 3 aliphatic rings. The van der Waals surface area contributed by atoms with Crippen LogP contribution in [0.25, 0.3) is 0 Å². The summed E-state index contributed by atoms with van der Waals surface area (Å²) in [6.45, 7) is 8.97. The molecule has 1 N–H and O–H groups in total. The molecular formula is C22H31N3O2. The Balaban J connectivity index is 1.42. The second kappa shape index (κ2) is 7.27. The van der Waals surface area contributed by atoms with E-state index in [4.69, 9.17) is 0 Å². The van der Waals surface area contributed by atoms with Gasteiger partial charge in [-0.05, 0) is 30.9 Å². The summed E-state index contributed by atoms with van der Waals surface area (Å²) in [5, 5.41) is 3.35. The van der Waals surface area contributed by atoms with Crippen LogP contribution in [0, 0.1) is 17.8 Å². The second-order valence-corrected chi connectivity index (χ2v) is 8.75. The Labute approximate surface area is 162 Å². The maximum Gasteiger partial charge on any atom is 0.253 e. The minimum absolute atomic E-state index is 0.108. The number of nitrogens with zero attached hydrogens (tertiary/aromatic N) is 2. The molecule has 0 aromatic heterocycles. The first-order chi connectivity index (χ1) is 13.0. The van der Waals surface area contributed by atoms with E-state index >= 15 is 0 Å². The molecule has 3 saturated heterocycles. The Morgan fingerprint density at radius 2 is 1.93 bits per heavy atom.